The van der Waals surface area contributed by atoms with Crippen molar-refractivity contribution in [1.29, 1.82) is 0 Å². The number of H-pyrrole nitrogens is 1. The van der Waals surface area contributed by atoms with E-state index in [9.17, 15) is 9.59 Å². The molecule has 1 unspecified atom stereocenters. The van der Waals surface area contributed by atoms with Crippen LogP contribution >= 0.6 is 11.8 Å². The second kappa shape index (κ2) is 7.90. The van der Waals surface area contributed by atoms with Crippen LogP contribution in [0, 0.1) is 0 Å². The molecule has 6 nitrogen and oxygen atoms in total. The van der Waals surface area contributed by atoms with Crippen LogP contribution in [0.1, 0.15) is 28.5 Å². The summed E-state index contributed by atoms with van der Waals surface area (Å²) in [6.07, 6.45) is 2.71. The Kier molecular flexibility index (Phi) is 5.16. The van der Waals surface area contributed by atoms with Gasteiger partial charge in [-0.25, -0.2) is 5.10 Å². The zero-order valence-electron chi connectivity index (χ0n) is 15.3. The molecule has 2 aromatic carbocycles. The molecule has 0 saturated carbocycles. The minimum Gasteiger partial charge on any atom is -0.493 e. The first kappa shape index (κ1) is 18.3. The maximum Gasteiger partial charge on any atom is 0.272 e. The molecular weight excluding hydrogens is 374 g/mol. The fourth-order valence-corrected chi connectivity index (χ4v) is 3.69. The number of hydrogen-bond donors (Lipinski definition) is 2. The van der Waals surface area contributed by atoms with E-state index in [0.29, 0.717) is 13.0 Å². The zero-order chi connectivity index (χ0) is 19.5. The Morgan fingerprint density at radius 1 is 1.18 bits per heavy atom. The van der Waals surface area contributed by atoms with E-state index in [1.807, 2.05) is 18.2 Å². The van der Waals surface area contributed by atoms with Crippen LogP contribution in [-0.2, 0) is 0 Å². The van der Waals surface area contributed by atoms with Gasteiger partial charge in [-0.15, -0.1) is 11.8 Å². The largest absolute Gasteiger partial charge is 0.493 e. The highest BCUT2D eigenvalue weighted by Crippen LogP contribution is 2.36. The summed E-state index contributed by atoms with van der Waals surface area (Å²) < 4.78 is 5.77. The number of nitrogens with one attached hydrogen (secondary N) is 2. The predicted octanol–water partition coefficient (Wildman–Crippen LogP) is 3.41. The number of carbonyl (C=O) groups is 1. The number of carbonyl (C=O) groups excluding carboxylic acids is 1. The Morgan fingerprint density at radius 3 is 2.82 bits per heavy atom. The molecule has 0 bridgehead atoms. The van der Waals surface area contributed by atoms with E-state index in [0.717, 1.165) is 22.4 Å². The molecule has 1 aliphatic heterocycles. The van der Waals surface area contributed by atoms with Crippen LogP contribution in [0.2, 0.25) is 0 Å². The van der Waals surface area contributed by atoms with Crippen LogP contribution in [0.15, 0.2) is 64.3 Å². The third-order valence-corrected chi connectivity index (χ3v) is 5.39. The van der Waals surface area contributed by atoms with Gasteiger partial charge >= 0.3 is 0 Å². The fraction of sp³-hybridized carbons (Fsp3) is 0.190. The predicted molar refractivity (Wildman–Crippen MR) is 109 cm³/mol. The van der Waals surface area contributed by atoms with Gasteiger partial charge in [0.25, 0.3) is 11.5 Å². The molecule has 142 valence electrons. The number of aromatic nitrogens is 2. The molecule has 2 N–H and O–H groups in total. The number of thioether (sulfide) groups is 1. The number of benzene rings is 2. The van der Waals surface area contributed by atoms with Crippen LogP contribution in [0.25, 0.3) is 11.1 Å². The molecule has 1 aromatic heterocycles. The van der Waals surface area contributed by atoms with Crippen molar-refractivity contribution < 1.29 is 9.53 Å². The molecule has 3 aromatic rings. The second-order valence-electron chi connectivity index (χ2n) is 6.45. The van der Waals surface area contributed by atoms with Gasteiger partial charge in [-0.3, -0.25) is 9.59 Å². The van der Waals surface area contributed by atoms with E-state index in [4.69, 9.17) is 4.74 Å². The van der Waals surface area contributed by atoms with E-state index < -0.39 is 0 Å². The van der Waals surface area contributed by atoms with Crippen molar-refractivity contribution in [3.05, 3.63) is 76.2 Å². The van der Waals surface area contributed by atoms with Crippen LogP contribution in [0.3, 0.4) is 0 Å². The van der Waals surface area contributed by atoms with Gasteiger partial charge in [0, 0.05) is 22.9 Å². The summed E-state index contributed by atoms with van der Waals surface area (Å²) in [5, 5.41) is 9.09. The minimum absolute atomic E-state index is 0.177. The van der Waals surface area contributed by atoms with Gasteiger partial charge in [-0.1, -0.05) is 18.2 Å². The number of nitrogens with zero attached hydrogens (tertiary/aromatic N) is 1. The van der Waals surface area contributed by atoms with Gasteiger partial charge < -0.3 is 10.1 Å². The first-order chi connectivity index (χ1) is 13.6. The summed E-state index contributed by atoms with van der Waals surface area (Å²) >= 11 is 1.70. The van der Waals surface area contributed by atoms with E-state index in [2.05, 4.69) is 46.0 Å². The smallest absolute Gasteiger partial charge is 0.272 e. The first-order valence-electron chi connectivity index (χ1n) is 8.92. The summed E-state index contributed by atoms with van der Waals surface area (Å²) in [5.41, 5.74) is 2.96. The second-order valence-corrected chi connectivity index (χ2v) is 7.33. The Bertz CT molecular complexity index is 1060. The number of rotatable bonds is 4. The summed E-state index contributed by atoms with van der Waals surface area (Å²) in [6, 6.07) is 16.9. The Balaban J connectivity index is 1.63. The fourth-order valence-electron chi connectivity index (χ4n) is 3.23. The van der Waals surface area contributed by atoms with Gasteiger partial charge in [0.15, 0.2) is 0 Å². The molecule has 0 saturated heterocycles. The van der Waals surface area contributed by atoms with Gasteiger partial charge in [-0.2, -0.15) is 5.10 Å². The highest BCUT2D eigenvalue weighted by molar-refractivity contribution is 7.98. The lowest BCUT2D eigenvalue weighted by atomic mass is 9.95. The molecule has 1 amide bonds. The number of hydrogen-bond acceptors (Lipinski definition) is 5. The molecule has 0 radical (unpaired) electrons. The van der Waals surface area contributed by atoms with Gasteiger partial charge in [0.05, 0.1) is 12.6 Å². The lowest BCUT2D eigenvalue weighted by Crippen LogP contribution is -2.33. The van der Waals surface area contributed by atoms with Crippen molar-refractivity contribution in [1.82, 2.24) is 15.5 Å². The lowest BCUT2D eigenvalue weighted by molar-refractivity contribution is 0.0918. The molecule has 0 spiro atoms. The van der Waals surface area contributed by atoms with Crippen LogP contribution in [0.5, 0.6) is 5.75 Å². The van der Waals surface area contributed by atoms with Crippen LogP contribution in [0.4, 0.5) is 0 Å². The van der Waals surface area contributed by atoms with E-state index >= 15 is 0 Å². The van der Waals surface area contributed by atoms with Crippen molar-refractivity contribution in [2.45, 2.75) is 17.4 Å². The molecule has 4 rings (SSSR count). The molecule has 0 fully saturated rings. The SMILES string of the molecule is CSc1cccc(-c2ccc3c(c2)C(NC(=O)c2ccc(=O)[nH]n2)CCO3)c1. The molecule has 2 heterocycles. The standard InChI is InChI=1S/C21H19N3O3S/c1-28-15-4-2-3-13(11-15)14-5-7-19-16(12-14)17(9-10-27-19)22-21(26)18-6-8-20(25)24-23-18/h2-8,11-12,17H,9-10H2,1H3,(H,22,26)(H,24,25). The van der Waals surface area contributed by atoms with Crippen LogP contribution in [-0.4, -0.2) is 29.0 Å². The number of amides is 1. The minimum atomic E-state index is -0.343. The van der Waals surface area contributed by atoms with Crippen LogP contribution < -0.4 is 15.6 Å². The molecule has 1 atom stereocenters. The lowest BCUT2D eigenvalue weighted by Gasteiger charge is -2.27. The molecular formula is C21H19N3O3S. The van der Waals surface area contributed by atoms with Crippen molar-refractivity contribution in [3.8, 4) is 16.9 Å². The average molecular weight is 393 g/mol. The highest BCUT2D eigenvalue weighted by Gasteiger charge is 2.24. The Hall–Kier alpha value is -3.06. The molecule has 28 heavy (non-hydrogen) atoms. The summed E-state index contributed by atoms with van der Waals surface area (Å²) in [6.45, 7) is 0.526. The van der Waals surface area contributed by atoms with E-state index in [1.165, 1.54) is 17.0 Å². The van der Waals surface area contributed by atoms with Crippen molar-refractivity contribution in [2.24, 2.45) is 0 Å². The Labute approximate surface area is 166 Å². The quantitative estimate of drug-likeness (QED) is 0.664. The van der Waals surface area contributed by atoms with Gasteiger partial charge in [0.2, 0.25) is 0 Å². The third kappa shape index (κ3) is 3.80. The van der Waals surface area contributed by atoms with E-state index in [1.54, 1.807) is 11.8 Å². The average Bonchev–Trinajstić information content (AvgIpc) is 2.74. The normalized spacial score (nSPS) is 15.4. The molecule has 0 aliphatic carbocycles. The zero-order valence-corrected chi connectivity index (χ0v) is 16.1. The number of fused-ring (bicyclic) bond motifs is 1. The van der Waals surface area contributed by atoms with Gasteiger partial charge in [-0.05, 0) is 47.7 Å². The highest BCUT2D eigenvalue weighted by atomic mass is 32.2. The van der Waals surface area contributed by atoms with Crippen molar-refractivity contribution in [2.75, 3.05) is 12.9 Å². The molecule has 1 aliphatic rings. The van der Waals surface area contributed by atoms with Crippen molar-refractivity contribution >= 4 is 17.7 Å². The maximum absolute atomic E-state index is 12.5. The molecule has 7 heteroatoms. The first-order valence-corrected chi connectivity index (χ1v) is 10.1. The Morgan fingerprint density at radius 2 is 2.04 bits per heavy atom. The summed E-state index contributed by atoms with van der Waals surface area (Å²) in [5.74, 6) is 0.444. The number of ether oxygens (including phenoxy) is 1. The monoisotopic (exact) mass is 393 g/mol. The van der Waals surface area contributed by atoms with Crippen molar-refractivity contribution in [3.63, 3.8) is 0 Å². The van der Waals surface area contributed by atoms with E-state index in [-0.39, 0.29) is 23.2 Å². The van der Waals surface area contributed by atoms with Gasteiger partial charge in [0.1, 0.15) is 11.4 Å². The summed E-state index contributed by atoms with van der Waals surface area (Å²) in [4.78, 5) is 24.9. The topological polar surface area (TPSA) is 84.1 Å². The maximum atomic E-state index is 12.5. The number of aromatic amines is 1. The summed E-state index contributed by atoms with van der Waals surface area (Å²) in [7, 11) is 0. The third-order valence-electron chi connectivity index (χ3n) is 4.67.